The van der Waals surface area contributed by atoms with Crippen molar-refractivity contribution in [3.63, 3.8) is 0 Å². The number of likely N-dealkylation sites (tertiary alicyclic amines) is 1. The van der Waals surface area contributed by atoms with Crippen LogP contribution in [0.1, 0.15) is 41.7 Å². The molecule has 0 saturated carbocycles. The molecule has 1 aromatic carbocycles. The second-order valence-electron chi connectivity index (χ2n) is 5.81. The first-order valence-electron chi connectivity index (χ1n) is 8.01. The third-order valence-corrected chi connectivity index (χ3v) is 4.25. The number of oxazole rings is 1. The Morgan fingerprint density at radius 3 is 2.92 bits per heavy atom. The Kier molecular flexibility index (Phi) is 4.01. The summed E-state index contributed by atoms with van der Waals surface area (Å²) in [6.45, 7) is 0.563. The monoisotopic (exact) mass is 342 g/mol. The molecule has 3 aromatic rings. The first-order chi connectivity index (χ1) is 12.2. The van der Waals surface area contributed by atoms with Crippen LogP contribution >= 0.6 is 0 Å². The molecule has 0 bridgehead atoms. The highest BCUT2D eigenvalue weighted by Crippen LogP contribution is 2.33. The zero-order valence-electron chi connectivity index (χ0n) is 13.3. The molecule has 0 N–H and O–H groups in total. The molecule has 2 aromatic heterocycles. The van der Waals surface area contributed by atoms with Gasteiger partial charge in [-0.15, -0.1) is 10.2 Å². The third kappa shape index (κ3) is 2.90. The molecule has 1 aliphatic rings. The van der Waals surface area contributed by atoms with E-state index in [1.807, 2.05) is 0 Å². The molecule has 0 aliphatic carbocycles. The number of hydrogen-bond donors (Lipinski definition) is 0. The van der Waals surface area contributed by atoms with Crippen molar-refractivity contribution in [1.29, 1.82) is 0 Å². The van der Waals surface area contributed by atoms with Gasteiger partial charge in [0.15, 0.2) is 12.1 Å². The lowest BCUT2D eigenvalue weighted by Crippen LogP contribution is -2.38. The molecule has 0 radical (unpaired) electrons. The third-order valence-electron chi connectivity index (χ3n) is 4.25. The fourth-order valence-corrected chi connectivity index (χ4v) is 3.01. The van der Waals surface area contributed by atoms with Gasteiger partial charge in [-0.25, -0.2) is 9.37 Å². The quantitative estimate of drug-likeness (QED) is 0.726. The molecule has 3 heterocycles. The van der Waals surface area contributed by atoms with E-state index in [2.05, 4.69) is 15.2 Å². The van der Waals surface area contributed by atoms with Crippen LogP contribution in [0.4, 0.5) is 4.39 Å². The van der Waals surface area contributed by atoms with Gasteiger partial charge in [0.1, 0.15) is 18.1 Å². The van der Waals surface area contributed by atoms with Crippen molar-refractivity contribution in [2.24, 2.45) is 0 Å². The lowest BCUT2D eigenvalue weighted by molar-refractivity contribution is 0.0566. The van der Waals surface area contributed by atoms with Gasteiger partial charge < -0.3 is 13.7 Å². The summed E-state index contributed by atoms with van der Waals surface area (Å²) in [7, 11) is 0. The molecule has 128 valence electrons. The van der Waals surface area contributed by atoms with E-state index in [0.29, 0.717) is 18.9 Å². The van der Waals surface area contributed by atoms with E-state index in [1.54, 1.807) is 23.1 Å². The lowest BCUT2D eigenvalue weighted by atomic mass is 10.0. The first kappa shape index (κ1) is 15.5. The van der Waals surface area contributed by atoms with Crippen LogP contribution in [0.15, 0.2) is 45.8 Å². The van der Waals surface area contributed by atoms with Crippen molar-refractivity contribution in [3.8, 4) is 11.5 Å². The van der Waals surface area contributed by atoms with E-state index in [1.165, 1.54) is 18.7 Å². The first-order valence-corrected chi connectivity index (χ1v) is 8.01. The number of benzene rings is 1. The minimum absolute atomic E-state index is 0.104. The van der Waals surface area contributed by atoms with Gasteiger partial charge in [-0.05, 0) is 31.4 Å². The normalized spacial score (nSPS) is 17.6. The van der Waals surface area contributed by atoms with Gasteiger partial charge in [-0.1, -0.05) is 12.1 Å². The largest absolute Gasteiger partial charge is 0.451 e. The predicted octanol–water partition coefficient (Wildman–Crippen LogP) is 3.23. The molecule has 1 aliphatic heterocycles. The number of rotatable bonds is 3. The van der Waals surface area contributed by atoms with Gasteiger partial charge in [0.25, 0.3) is 11.8 Å². The van der Waals surface area contributed by atoms with Gasteiger partial charge in [0, 0.05) is 6.54 Å². The predicted molar refractivity (Wildman–Crippen MR) is 83.8 cm³/mol. The van der Waals surface area contributed by atoms with Crippen molar-refractivity contribution in [2.75, 3.05) is 6.54 Å². The Hall–Kier alpha value is -3.03. The van der Waals surface area contributed by atoms with E-state index in [9.17, 15) is 9.18 Å². The molecule has 0 spiro atoms. The number of nitrogens with zero attached hydrogens (tertiary/aromatic N) is 4. The van der Waals surface area contributed by atoms with E-state index >= 15 is 0 Å². The van der Waals surface area contributed by atoms with Crippen molar-refractivity contribution in [2.45, 2.75) is 25.3 Å². The highest BCUT2D eigenvalue weighted by atomic mass is 19.1. The summed E-state index contributed by atoms with van der Waals surface area (Å²) >= 11 is 0. The zero-order chi connectivity index (χ0) is 17.2. The van der Waals surface area contributed by atoms with Crippen molar-refractivity contribution < 1.29 is 18.0 Å². The number of hydrogen-bond acceptors (Lipinski definition) is 6. The minimum atomic E-state index is -0.433. The van der Waals surface area contributed by atoms with E-state index in [0.717, 1.165) is 12.8 Å². The van der Waals surface area contributed by atoms with Crippen molar-refractivity contribution in [1.82, 2.24) is 20.1 Å². The molecule has 7 nitrogen and oxygen atoms in total. The van der Waals surface area contributed by atoms with E-state index < -0.39 is 5.82 Å². The van der Waals surface area contributed by atoms with Crippen LogP contribution in [0.3, 0.4) is 0 Å². The summed E-state index contributed by atoms with van der Waals surface area (Å²) in [5.74, 6) is -0.275. The highest BCUT2D eigenvalue weighted by molar-refractivity contribution is 5.92. The van der Waals surface area contributed by atoms with Gasteiger partial charge in [0.05, 0.1) is 5.56 Å². The smallest absolute Gasteiger partial charge is 0.276 e. The summed E-state index contributed by atoms with van der Waals surface area (Å²) in [5.41, 5.74) is 0.479. The van der Waals surface area contributed by atoms with Gasteiger partial charge in [-0.2, -0.15) is 0 Å². The number of amides is 1. The fourth-order valence-electron chi connectivity index (χ4n) is 3.01. The maximum Gasteiger partial charge on any atom is 0.276 e. The van der Waals surface area contributed by atoms with Gasteiger partial charge >= 0.3 is 0 Å². The fraction of sp³-hybridized carbons (Fsp3) is 0.294. The van der Waals surface area contributed by atoms with Crippen LogP contribution in [0.25, 0.3) is 11.5 Å². The second kappa shape index (κ2) is 6.46. The number of halogens is 1. The van der Waals surface area contributed by atoms with Crippen molar-refractivity contribution >= 4 is 5.91 Å². The second-order valence-corrected chi connectivity index (χ2v) is 5.81. The van der Waals surface area contributed by atoms with Gasteiger partial charge in [0.2, 0.25) is 5.89 Å². The lowest BCUT2D eigenvalue weighted by Gasteiger charge is -2.32. The Morgan fingerprint density at radius 1 is 1.24 bits per heavy atom. The maximum atomic E-state index is 13.9. The van der Waals surface area contributed by atoms with E-state index in [4.69, 9.17) is 8.83 Å². The van der Waals surface area contributed by atoms with Crippen LogP contribution in [0.5, 0.6) is 0 Å². The molecule has 25 heavy (non-hydrogen) atoms. The topological polar surface area (TPSA) is 85.3 Å². The Morgan fingerprint density at radius 2 is 2.12 bits per heavy atom. The molecule has 1 fully saturated rings. The molecular weight excluding hydrogens is 327 g/mol. The van der Waals surface area contributed by atoms with Crippen molar-refractivity contribution in [3.05, 3.63) is 54.3 Å². The minimum Gasteiger partial charge on any atom is -0.451 e. The standard InChI is InChI=1S/C17H15FN4O3/c18-12-6-2-1-5-11(12)15-20-21-16(25-15)14-7-3-4-8-22(14)17(23)13-9-24-10-19-13/h1-2,5-6,9-10,14H,3-4,7-8H2/t14-/m0/s1. The van der Waals surface area contributed by atoms with Crippen LogP contribution < -0.4 is 0 Å². The van der Waals surface area contributed by atoms with Crippen LogP contribution in [0, 0.1) is 5.82 Å². The number of aromatic nitrogens is 3. The summed E-state index contributed by atoms with van der Waals surface area (Å²) in [6, 6.07) is 5.84. The molecule has 4 rings (SSSR count). The SMILES string of the molecule is O=C(c1cocn1)N1CCCC[C@H]1c1nnc(-c2ccccc2F)o1. The summed E-state index contributed by atoms with van der Waals surface area (Å²) in [4.78, 5) is 18.2. The Bertz CT molecular complexity index is 878. The van der Waals surface area contributed by atoms with Crippen LogP contribution in [-0.4, -0.2) is 32.5 Å². The molecule has 1 saturated heterocycles. The molecule has 8 heteroatoms. The molecule has 1 atom stereocenters. The van der Waals surface area contributed by atoms with E-state index in [-0.39, 0.29) is 29.1 Å². The highest BCUT2D eigenvalue weighted by Gasteiger charge is 2.33. The zero-order valence-corrected chi connectivity index (χ0v) is 13.3. The average molecular weight is 342 g/mol. The molecule has 1 amide bonds. The molecule has 0 unspecified atom stereocenters. The summed E-state index contributed by atoms with van der Waals surface area (Å²) in [6.07, 6.45) is 5.04. The number of carbonyl (C=O) groups excluding carboxylic acids is 1. The maximum absolute atomic E-state index is 13.9. The Balaban J connectivity index is 1.63. The number of carbonyl (C=O) groups is 1. The van der Waals surface area contributed by atoms with Gasteiger partial charge in [-0.3, -0.25) is 4.79 Å². The van der Waals surface area contributed by atoms with Crippen LogP contribution in [0.2, 0.25) is 0 Å². The number of piperidine rings is 1. The average Bonchev–Trinajstić information content (AvgIpc) is 3.34. The summed E-state index contributed by atoms with van der Waals surface area (Å²) in [5, 5.41) is 8.00. The summed E-state index contributed by atoms with van der Waals surface area (Å²) < 4.78 is 24.5. The van der Waals surface area contributed by atoms with Crippen LogP contribution in [-0.2, 0) is 0 Å². The molecular formula is C17H15FN4O3. The Labute approximate surface area is 142 Å².